The number of benzene rings is 3. The van der Waals surface area contributed by atoms with E-state index in [0.29, 0.717) is 17.2 Å². The van der Waals surface area contributed by atoms with E-state index in [-0.39, 0.29) is 0 Å². The molecule has 34 heavy (non-hydrogen) atoms. The lowest BCUT2D eigenvalue weighted by molar-refractivity contribution is 0.324. The van der Waals surface area contributed by atoms with Crippen LogP contribution in [0.3, 0.4) is 0 Å². The maximum Gasteiger partial charge on any atom is 0.211 e. The first-order valence-electron chi connectivity index (χ1n) is 11.0. The number of hydrogen-bond acceptors (Lipinski definition) is 6. The lowest BCUT2D eigenvalue weighted by atomic mass is 10.1. The smallest absolute Gasteiger partial charge is 0.211 e. The molecule has 0 fully saturated rings. The molecule has 0 saturated heterocycles. The third-order valence-corrected chi connectivity index (χ3v) is 6.62. The van der Waals surface area contributed by atoms with E-state index in [4.69, 9.17) is 24.3 Å². The van der Waals surface area contributed by atoms with Crippen molar-refractivity contribution in [2.24, 2.45) is 10.1 Å². The number of hydrogen-bond donors (Lipinski definition) is 0. The molecule has 7 heteroatoms. The van der Waals surface area contributed by atoms with Gasteiger partial charge >= 0.3 is 0 Å². The number of fused-ring (bicyclic) bond motifs is 1. The third kappa shape index (κ3) is 4.10. The Morgan fingerprint density at radius 1 is 0.824 bits per heavy atom. The van der Waals surface area contributed by atoms with E-state index in [0.717, 1.165) is 40.3 Å². The molecule has 3 aromatic carbocycles. The average Bonchev–Trinajstić information content (AvgIpc) is 3.48. The highest BCUT2D eigenvalue weighted by molar-refractivity contribution is 7.07. The second-order valence-electron chi connectivity index (χ2n) is 7.78. The van der Waals surface area contributed by atoms with Crippen LogP contribution in [0.5, 0.6) is 17.2 Å². The van der Waals surface area contributed by atoms with E-state index in [2.05, 4.69) is 29.6 Å². The molecule has 172 valence electrons. The largest absolute Gasteiger partial charge is 0.493 e. The van der Waals surface area contributed by atoms with Gasteiger partial charge in [0, 0.05) is 16.5 Å². The summed E-state index contributed by atoms with van der Waals surface area (Å²) in [6.07, 6.45) is 1.88. The summed E-state index contributed by atoms with van der Waals surface area (Å²) >= 11 is 1.54. The minimum absolute atomic E-state index is 0.556. The zero-order chi connectivity index (χ0) is 23.5. The molecule has 0 radical (unpaired) electrons. The maximum atomic E-state index is 5.59. The number of rotatable bonds is 6. The molecule has 1 aromatic heterocycles. The number of thiazole rings is 1. The molecule has 0 aliphatic heterocycles. The van der Waals surface area contributed by atoms with Crippen LogP contribution in [0, 0.1) is 0 Å². The van der Waals surface area contributed by atoms with E-state index in [1.807, 2.05) is 47.1 Å². The Morgan fingerprint density at radius 2 is 1.53 bits per heavy atom. The number of aromatic nitrogens is 1. The van der Waals surface area contributed by atoms with Gasteiger partial charge in [-0.3, -0.25) is 0 Å². The van der Waals surface area contributed by atoms with Crippen LogP contribution in [-0.2, 0) is 6.42 Å². The van der Waals surface area contributed by atoms with Gasteiger partial charge in [-0.15, -0.1) is 11.3 Å². The van der Waals surface area contributed by atoms with Gasteiger partial charge in [0.25, 0.3) is 0 Å². The van der Waals surface area contributed by atoms with Gasteiger partial charge in [-0.25, -0.2) is 9.67 Å². The van der Waals surface area contributed by atoms with Gasteiger partial charge in [0.1, 0.15) is 0 Å². The van der Waals surface area contributed by atoms with Crippen molar-refractivity contribution in [1.29, 1.82) is 0 Å². The fraction of sp³-hybridized carbons (Fsp3) is 0.185. The Balaban J connectivity index is 1.73. The highest BCUT2D eigenvalue weighted by atomic mass is 32.1. The van der Waals surface area contributed by atoms with Crippen molar-refractivity contribution in [3.05, 3.63) is 88.0 Å². The molecule has 0 spiro atoms. The average molecular weight is 472 g/mol. The first-order valence-corrected chi connectivity index (χ1v) is 11.9. The van der Waals surface area contributed by atoms with Crippen molar-refractivity contribution in [2.75, 3.05) is 21.3 Å². The Hall–Kier alpha value is -3.84. The van der Waals surface area contributed by atoms with Crippen molar-refractivity contribution in [3.63, 3.8) is 0 Å². The topological polar surface area (TPSA) is 57.3 Å². The van der Waals surface area contributed by atoms with Gasteiger partial charge in [0.2, 0.25) is 10.6 Å². The summed E-state index contributed by atoms with van der Waals surface area (Å²) in [6.45, 7) is 0. The first-order chi connectivity index (χ1) is 16.7. The SMILES string of the molecule is COc1cc(-c2csc(=Nc3ccccc3)n2N=C2CCc3ccccc32)cc(OC)c1OC. The van der Waals surface area contributed by atoms with E-state index in [9.17, 15) is 0 Å². The highest BCUT2D eigenvalue weighted by Gasteiger charge is 2.20. The Bertz CT molecular complexity index is 1400. The quantitative estimate of drug-likeness (QED) is 0.364. The number of methoxy groups -OCH3 is 3. The van der Waals surface area contributed by atoms with Crippen LogP contribution in [0.1, 0.15) is 17.5 Å². The van der Waals surface area contributed by atoms with Crippen LogP contribution in [0.4, 0.5) is 5.69 Å². The number of nitrogens with zero attached hydrogens (tertiary/aromatic N) is 3. The fourth-order valence-corrected chi connectivity index (χ4v) is 5.00. The van der Waals surface area contributed by atoms with Crippen molar-refractivity contribution in [1.82, 2.24) is 4.68 Å². The molecule has 0 bridgehead atoms. The summed E-state index contributed by atoms with van der Waals surface area (Å²) in [7, 11) is 4.84. The minimum atomic E-state index is 0.556. The molecule has 5 rings (SSSR count). The summed E-state index contributed by atoms with van der Waals surface area (Å²) in [5.41, 5.74) is 6.25. The second-order valence-corrected chi connectivity index (χ2v) is 8.62. The van der Waals surface area contributed by atoms with Crippen LogP contribution < -0.4 is 19.0 Å². The van der Waals surface area contributed by atoms with Crippen LogP contribution in [0.25, 0.3) is 11.3 Å². The maximum absolute atomic E-state index is 5.59. The number of ether oxygens (including phenoxy) is 3. The molecule has 0 unspecified atom stereocenters. The fourth-order valence-electron chi connectivity index (χ4n) is 4.15. The summed E-state index contributed by atoms with van der Waals surface area (Å²) < 4.78 is 18.6. The summed E-state index contributed by atoms with van der Waals surface area (Å²) in [4.78, 5) is 5.68. The summed E-state index contributed by atoms with van der Waals surface area (Å²) in [5, 5.41) is 7.19. The van der Waals surface area contributed by atoms with Crippen molar-refractivity contribution in [2.45, 2.75) is 12.8 Å². The van der Waals surface area contributed by atoms with Crippen LogP contribution in [0.2, 0.25) is 0 Å². The van der Waals surface area contributed by atoms with Gasteiger partial charge in [-0.2, -0.15) is 5.10 Å². The highest BCUT2D eigenvalue weighted by Crippen LogP contribution is 2.41. The zero-order valence-electron chi connectivity index (χ0n) is 19.3. The Kier molecular flexibility index (Phi) is 6.18. The van der Waals surface area contributed by atoms with Crippen molar-refractivity contribution < 1.29 is 14.2 Å². The monoisotopic (exact) mass is 471 g/mol. The molecule has 0 amide bonds. The number of para-hydroxylation sites is 1. The molecule has 1 aliphatic rings. The molecule has 6 nitrogen and oxygen atoms in total. The summed E-state index contributed by atoms with van der Waals surface area (Å²) in [6, 6.07) is 22.3. The van der Waals surface area contributed by atoms with Gasteiger partial charge in [0.05, 0.1) is 38.4 Å². The molecule has 1 heterocycles. The molecular weight excluding hydrogens is 446 g/mol. The third-order valence-electron chi connectivity index (χ3n) is 5.81. The van der Waals surface area contributed by atoms with Gasteiger partial charge in [-0.1, -0.05) is 42.5 Å². The lowest BCUT2D eigenvalue weighted by Gasteiger charge is -2.14. The lowest BCUT2D eigenvalue weighted by Crippen LogP contribution is -2.14. The van der Waals surface area contributed by atoms with E-state index in [1.54, 1.807) is 32.7 Å². The van der Waals surface area contributed by atoms with Crippen LogP contribution in [-0.4, -0.2) is 31.7 Å². The van der Waals surface area contributed by atoms with E-state index < -0.39 is 0 Å². The molecular formula is C27H25N3O3S. The predicted molar refractivity (Wildman–Crippen MR) is 136 cm³/mol. The molecule has 0 atom stereocenters. The molecule has 0 N–H and O–H groups in total. The summed E-state index contributed by atoms with van der Waals surface area (Å²) in [5.74, 6) is 1.74. The molecule has 4 aromatic rings. The van der Waals surface area contributed by atoms with Crippen LogP contribution in [0.15, 0.2) is 82.2 Å². The Labute approximate surface area is 202 Å². The Morgan fingerprint density at radius 3 is 2.24 bits per heavy atom. The molecule has 0 saturated carbocycles. The van der Waals surface area contributed by atoms with Crippen LogP contribution >= 0.6 is 11.3 Å². The molecule has 1 aliphatic carbocycles. The number of aryl methyl sites for hydroxylation is 1. The predicted octanol–water partition coefficient (Wildman–Crippen LogP) is 5.67. The van der Waals surface area contributed by atoms with E-state index >= 15 is 0 Å². The van der Waals surface area contributed by atoms with Gasteiger partial charge < -0.3 is 14.2 Å². The standard InChI is InChI=1S/C27H25N3O3S/c1-31-24-15-19(16-25(32-2)26(24)33-3)23-17-34-27(28-20-10-5-4-6-11-20)30(23)29-22-14-13-18-9-7-8-12-21(18)22/h4-12,15-17H,13-14H2,1-3H3. The van der Waals surface area contributed by atoms with E-state index in [1.165, 1.54) is 11.1 Å². The minimum Gasteiger partial charge on any atom is -0.493 e. The first kappa shape index (κ1) is 22.0. The van der Waals surface area contributed by atoms with Crippen molar-refractivity contribution in [3.8, 4) is 28.5 Å². The zero-order valence-corrected chi connectivity index (χ0v) is 20.1. The normalized spacial score (nSPS) is 14.3. The van der Waals surface area contributed by atoms with Crippen molar-refractivity contribution >= 4 is 22.7 Å². The van der Waals surface area contributed by atoms with Gasteiger partial charge in [-0.05, 0) is 42.7 Å². The second kappa shape index (κ2) is 9.57. The van der Waals surface area contributed by atoms with Gasteiger partial charge in [0.15, 0.2) is 11.5 Å².